The molecule has 122 valence electrons. The number of aryl methyl sites for hydroxylation is 1. The molecule has 0 spiro atoms. The number of thiazole rings is 1. The van der Waals surface area contributed by atoms with Gasteiger partial charge in [-0.15, -0.1) is 11.3 Å². The monoisotopic (exact) mass is 322 g/mol. The van der Waals surface area contributed by atoms with Crippen LogP contribution in [0.3, 0.4) is 0 Å². The van der Waals surface area contributed by atoms with Crippen molar-refractivity contribution in [2.75, 3.05) is 26.2 Å². The first kappa shape index (κ1) is 15.7. The summed E-state index contributed by atoms with van der Waals surface area (Å²) < 4.78 is 0. The molecular formula is C16H26N4OS. The van der Waals surface area contributed by atoms with Crippen molar-refractivity contribution in [2.24, 2.45) is 0 Å². The van der Waals surface area contributed by atoms with Crippen molar-refractivity contribution < 1.29 is 4.79 Å². The first-order valence-electron chi connectivity index (χ1n) is 8.46. The van der Waals surface area contributed by atoms with Gasteiger partial charge in [-0.05, 0) is 32.2 Å². The molecule has 0 aromatic carbocycles. The van der Waals surface area contributed by atoms with Gasteiger partial charge in [-0.2, -0.15) is 0 Å². The Hall–Kier alpha value is -1.14. The molecule has 5 nitrogen and oxygen atoms in total. The smallest absolute Gasteiger partial charge is 0.317 e. The molecule has 2 aliphatic heterocycles. The zero-order valence-corrected chi connectivity index (χ0v) is 14.2. The van der Waals surface area contributed by atoms with E-state index in [0.717, 1.165) is 45.6 Å². The lowest BCUT2D eigenvalue weighted by atomic mass is 10.0. The fourth-order valence-corrected chi connectivity index (χ4v) is 4.19. The van der Waals surface area contributed by atoms with Gasteiger partial charge in [0.25, 0.3) is 0 Å². The number of carbonyl (C=O) groups excluding carboxylic acids is 1. The maximum atomic E-state index is 11.8. The van der Waals surface area contributed by atoms with Crippen molar-refractivity contribution in [2.45, 2.75) is 51.6 Å². The number of urea groups is 1. The highest BCUT2D eigenvalue weighted by Gasteiger charge is 2.31. The molecule has 1 aromatic rings. The fraction of sp³-hybridized carbons (Fsp3) is 0.750. The molecule has 3 rings (SSSR count). The van der Waals surface area contributed by atoms with Crippen molar-refractivity contribution in [3.63, 3.8) is 0 Å². The molecule has 22 heavy (non-hydrogen) atoms. The third kappa shape index (κ3) is 3.79. The SMILES string of the molecule is CCCCc1nc(CN2CCCC(N3CCNC3=O)C2)cs1. The maximum absolute atomic E-state index is 11.8. The van der Waals surface area contributed by atoms with Gasteiger partial charge in [-0.25, -0.2) is 9.78 Å². The average Bonchev–Trinajstić information content (AvgIpc) is 3.14. The summed E-state index contributed by atoms with van der Waals surface area (Å²) in [5.74, 6) is 0. The van der Waals surface area contributed by atoms with Gasteiger partial charge in [0.05, 0.1) is 10.7 Å². The van der Waals surface area contributed by atoms with E-state index in [1.165, 1.54) is 30.0 Å². The predicted molar refractivity (Wildman–Crippen MR) is 89.1 cm³/mol. The lowest BCUT2D eigenvalue weighted by Crippen LogP contribution is -2.48. The molecule has 1 N–H and O–H groups in total. The van der Waals surface area contributed by atoms with Gasteiger partial charge >= 0.3 is 6.03 Å². The standard InChI is InChI=1S/C16H26N4OS/c1-2-3-6-15-18-13(12-22-15)10-19-8-4-5-14(11-19)20-9-7-17-16(20)21/h12,14H,2-11H2,1H3,(H,17,21). The van der Waals surface area contributed by atoms with Crippen LogP contribution in [0.1, 0.15) is 43.3 Å². The number of carbonyl (C=O) groups is 1. The van der Waals surface area contributed by atoms with Crippen molar-refractivity contribution >= 4 is 17.4 Å². The minimum atomic E-state index is 0.113. The van der Waals surface area contributed by atoms with Gasteiger partial charge in [-0.3, -0.25) is 4.90 Å². The molecule has 1 aromatic heterocycles. The number of rotatable bonds is 6. The Labute approximate surface area is 136 Å². The first-order valence-corrected chi connectivity index (χ1v) is 9.34. The van der Waals surface area contributed by atoms with E-state index < -0.39 is 0 Å². The summed E-state index contributed by atoms with van der Waals surface area (Å²) in [4.78, 5) is 21.1. The normalized spacial score (nSPS) is 23.0. The van der Waals surface area contributed by atoms with Crippen molar-refractivity contribution in [1.29, 1.82) is 0 Å². The topological polar surface area (TPSA) is 48.5 Å². The van der Waals surface area contributed by atoms with E-state index in [0.29, 0.717) is 6.04 Å². The Bertz CT molecular complexity index is 504. The van der Waals surface area contributed by atoms with E-state index in [9.17, 15) is 4.79 Å². The van der Waals surface area contributed by atoms with Crippen LogP contribution in [0.5, 0.6) is 0 Å². The summed E-state index contributed by atoms with van der Waals surface area (Å²) in [6.45, 7) is 6.89. The summed E-state index contributed by atoms with van der Waals surface area (Å²) in [6, 6.07) is 0.483. The first-order chi connectivity index (χ1) is 10.8. The molecule has 1 atom stereocenters. The molecule has 6 heteroatoms. The third-order valence-corrected chi connectivity index (χ3v) is 5.50. The van der Waals surface area contributed by atoms with Crippen LogP contribution >= 0.6 is 11.3 Å². The number of nitrogens with zero attached hydrogens (tertiary/aromatic N) is 3. The van der Waals surface area contributed by atoms with Crippen LogP contribution in [-0.4, -0.2) is 53.0 Å². The van der Waals surface area contributed by atoms with Crippen LogP contribution in [0.25, 0.3) is 0 Å². The van der Waals surface area contributed by atoms with Crippen LogP contribution in [-0.2, 0) is 13.0 Å². The van der Waals surface area contributed by atoms with Crippen LogP contribution in [0.4, 0.5) is 4.79 Å². The summed E-state index contributed by atoms with van der Waals surface area (Å²) in [5.41, 5.74) is 1.20. The molecule has 1 unspecified atom stereocenters. The van der Waals surface area contributed by atoms with E-state index in [1.54, 1.807) is 11.3 Å². The summed E-state index contributed by atoms with van der Waals surface area (Å²) >= 11 is 1.79. The highest BCUT2D eigenvalue weighted by molar-refractivity contribution is 7.09. The van der Waals surface area contributed by atoms with E-state index in [1.807, 2.05) is 4.90 Å². The summed E-state index contributed by atoms with van der Waals surface area (Å²) in [6.07, 6.45) is 5.85. The van der Waals surface area contributed by atoms with Crippen LogP contribution in [0.15, 0.2) is 5.38 Å². The molecule has 0 aliphatic carbocycles. The van der Waals surface area contributed by atoms with Crippen LogP contribution in [0.2, 0.25) is 0 Å². The Morgan fingerprint density at radius 3 is 3.14 bits per heavy atom. The van der Waals surface area contributed by atoms with Crippen LogP contribution in [0, 0.1) is 0 Å². The van der Waals surface area contributed by atoms with E-state index in [-0.39, 0.29) is 6.03 Å². The van der Waals surface area contributed by atoms with Gasteiger partial charge < -0.3 is 10.2 Å². The lowest BCUT2D eigenvalue weighted by molar-refractivity contribution is 0.121. The zero-order chi connectivity index (χ0) is 15.4. The summed E-state index contributed by atoms with van der Waals surface area (Å²) in [7, 11) is 0. The Morgan fingerprint density at radius 1 is 1.45 bits per heavy atom. The van der Waals surface area contributed by atoms with Crippen molar-refractivity contribution in [3.8, 4) is 0 Å². The third-order valence-electron chi connectivity index (χ3n) is 4.54. The number of likely N-dealkylation sites (tertiary alicyclic amines) is 1. The predicted octanol–water partition coefficient (Wildman–Crippen LogP) is 2.48. The second-order valence-electron chi connectivity index (χ2n) is 6.29. The van der Waals surface area contributed by atoms with Gasteiger partial charge in [0.1, 0.15) is 0 Å². The van der Waals surface area contributed by atoms with E-state index >= 15 is 0 Å². The fourth-order valence-electron chi connectivity index (χ4n) is 3.36. The molecular weight excluding hydrogens is 296 g/mol. The van der Waals surface area contributed by atoms with E-state index in [2.05, 4.69) is 22.5 Å². The maximum Gasteiger partial charge on any atom is 0.317 e. The number of hydrogen-bond donors (Lipinski definition) is 1. The highest BCUT2D eigenvalue weighted by atomic mass is 32.1. The van der Waals surface area contributed by atoms with Gasteiger partial charge in [0.15, 0.2) is 0 Å². The minimum absolute atomic E-state index is 0.113. The highest BCUT2D eigenvalue weighted by Crippen LogP contribution is 2.20. The second kappa shape index (κ2) is 7.42. The molecule has 0 bridgehead atoms. The van der Waals surface area contributed by atoms with Gasteiger partial charge in [-0.1, -0.05) is 13.3 Å². The zero-order valence-electron chi connectivity index (χ0n) is 13.4. The molecule has 0 saturated carbocycles. The quantitative estimate of drug-likeness (QED) is 0.875. The van der Waals surface area contributed by atoms with Gasteiger partial charge in [0, 0.05) is 37.6 Å². The number of nitrogens with one attached hydrogen (secondary N) is 1. The van der Waals surface area contributed by atoms with Crippen LogP contribution < -0.4 is 5.32 Å². The number of amides is 2. The molecule has 2 fully saturated rings. The molecule has 3 heterocycles. The largest absolute Gasteiger partial charge is 0.336 e. The molecule has 0 radical (unpaired) electrons. The summed E-state index contributed by atoms with van der Waals surface area (Å²) in [5, 5.41) is 6.39. The Balaban J connectivity index is 1.53. The second-order valence-corrected chi connectivity index (χ2v) is 7.24. The molecule has 2 aliphatic rings. The molecule has 2 saturated heterocycles. The lowest BCUT2D eigenvalue weighted by Gasteiger charge is -2.36. The Kier molecular flexibility index (Phi) is 5.31. The van der Waals surface area contributed by atoms with E-state index in [4.69, 9.17) is 4.98 Å². The Morgan fingerprint density at radius 2 is 2.36 bits per heavy atom. The number of hydrogen-bond acceptors (Lipinski definition) is 4. The number of piperidine rings is 1. The van der Waals surface area contributed by atoms with Crippen molar-refractivity contribution in [1.82, 2.24) is 20.1 Å². The average molecular weight is 322 g/mol. The molecule has 2 amide bonds. The minimum Gasteiger partial charge on any atom is -0.336 e. The number of aromatic nitrogens is 1. The van der Waals surface area contributed by atoms with Gasteiger partial charge in [0.2, 0.25) is 0 Å². The number of unbranched alkanes of at least 4 members (excludes halogenated alkanes) is 1. The van der Waals surface area contributed by atoms with Crippen molar-refractivity contribution in [3.05, 3.63) is 16.1 Å².